The van der Waals surface area contributed by atoms with Crippen molar-refractivity contribution in [3.05, 3.63) is 53.3 Å². The smallest absolute Gasteiger partial charge is 0.303 e. The number of rotatable bonds is 9. The third-order valence-electron chi connectivity index (χ3n) is 3.81. The Morgan fingerprint density at radius 3 is 2.48 bits per heavy atom. The molecule has 2 rings (SSSR count). The number of nitrogens with one attached hydrogen (secondary N) is 2. The van der Waals surface area contributed by atoms with Gasteiger partial charge in [0.25, 0.3) is 0 Å². The molecule has 154 valence electrons. The van der Waals surface area contributed by atoms with E-state index in [2.05, 4.69) is 10.6 Å². The van der Waals surface area contributed by atoms with Gasteiger partial charge in [-0.2, -0.15) is 0 Å². The Hall–Kier alpha value is -2.58. The van der Waals surface area contributed by atoms with Crippen LogP contribution in [0.5, 0.6) is 0 Å². The van der Waals surface area contributed by atoms with Gasteiger partial charge in [-0.05, 0) is 42.8 Å². The highest BCUT2D eigenvalue weighted by atomic mass is 35.5. The average Bonchev–Trinajstić information content (AvgIpc) is 2.67. The number of benzene rings is 2. The minimum Gasteiger partial charge on any atom is -0.481 e. The number of halogens is 2. The lowest BCUT2D eigenvalue weighted by Crippen LogP contribution is -2.24. The molecule has 0 aliphatic carbocycles. The topological polar surface area (TPSA) is 95.5 Å². The highest BCUT2D eigenvalue weighted by Crippen LogP contribution is 2.29. The molecule has 0 fully saturated rings. The first-order valence-electron chi connectivity index (χ1n) is 8.82. The zero-order chi connectivity index (χ0) is 21.4. The Kier molecular flexibility index (Phi) is 8.48. The number of anilines is 2. The summed E-state index contributed by atoms with van der Waals surface area (Å²) >= 11 is 7.06. The van der Waals surface area contributed by atoms with Crippen LogP contribution >= 0.6 is 23.4 Å². The molecular weight excluding hydrogens is 419 g/mol. The minimum atomic E-state index is -1.04. The van der Waals surface area contributed by atoms with Crippen LogP contribution in [0.4, 0.5) is 15.8 Å². The van der Waals surface area contributed by atoms with E-state index in [0.29, 0.717) is 17.8 Å². The van der Waals surface area contributed by atoms with Crippen LogP contribution < -0.4 is 10.6 Å². The van der Waals surface area contributed by atoms with Crippen LogP contribution in [-0.2, 0) is 14.4 Å². The SMILES string of the molecule is CCC(Sc1cccc(NC(=O)CCC(=O)O)c1)C(=O)Nc1ccc(F)c(Cl)c1. The summed E-state index contributed by atoms with van der Waals surface area (Å²) in [4.78, 5) is 35.7. The van der Waals surface area contributed by atoms with Crippen LogP contribution in [0, 0.1) is 5.82 Å². The highest BCUT2D eigenvalue weighted by Gasteiger charge is 2.19. The molecule has 3 N–H and O–H groups in total. The van der Waals surface area contributed by atoms with Crippen LogP contribution in [0.1, 0.15) is 26.2 Å². The zero-order valence-electron chi connectivity index (χ0n) is 15.6. The van der Waals surface area contributed by atoms with Crippen molar-refractivity contribution in [3.63, 3.8) is 0 Å². The van der Waals surface area contributed by atoms with Crippen molar-refractivity contribution in [3.8, 4) is 0 Å². The van der Waals surface area contributed by atoms with Crippen molar-refractivity contribution in [1.29, 1.82) is 0 Å². The molecule has 29 heavy (non-hydrogen) atoms. The number of carbonyl (C=O) groups excluding carboxylic acids is 2. The van der Waals surface area contributed by atoms with Gasteiger partial charge in [0.15, 0.2) is 0 Å². The third-order valence-corrected chi connectivity index (χ3v) is 5.46. The molecular formula is C20H20ClFN2O4S. The summed E-state index contributed by atoms with van der Waals surface area (Å²) in [6.45, 7) is 1.87. The lowest BCUT2D eigenvalue weighted by molar-refractivity contribution is -0.138. The first-order chi connectivity index (χ1) is 13.8. The quantitative estimate of drug-likeness (QED) is 0.489. The summed E-state index contributed by atoms with van der Waals surface area (Å²) < 4.78 is 13.3. The number of carboxylic acids is 1. The largest absolute Gasteiger partial charge is 0.481 e. The van der Waals surface area contributed by atoms with Crippen molar-refractivity contribution in [2.45, 2.75) is 36.3 Å². The first kappa shape index (κ1) is 22.7. The molecule has 1 atom stereocenters. The van der Waals surface area contributed by atoms with Gasteiger partial charge in [-0.1, -0.05) is 24.6 Å². The fourth-order valence-electron chi connectivity index (χ4n) is 2.37. The van der Waals surface area contributed by atoms with E-state index < -0.39 is 22.9 Å². The molecule has 2 amide bonds. The van der Waals surface area contributed by atoms with Crippen molar-refractivity contribution < 1.29 is 23.9 Å². The molecule has 0 aromatic heterocycles. The third kappa shape index (κ3) is 7.40. The number of thioether (sulfide) groups is 1. The van der Waals surface area contributed by atoms with Gasteiger partial charge in [0.05, 0.1) is 16.7 Å². The van der Waals surface area contributed by atoms with Crippen LogP contribution in [-0.4, -0.2) is 28.1 Å². The van der Waals surface area contributed by atoms with E-state index in [1.54, 1.807) is 18.2 Å². The molecule has 0 spiro atoms. The lowest BCUT2D eigenvalue weighted by Gasteiger charge is -2.15. The summed E-state index contributed by atoms with van der Waals surface area (Å²) in [5, 5.41) is 13.5. The van der Waals surface area contributed by atoms with Gasteiger partial charge in [-0.15, -0.1) is 11.8 Å². The number of carbonyl (C=O) groups is 3. The van der Waals surface area contributed by atoms with Gasteiger partial charge in [0, 0.05) is 22.7 Å². The molecule has 2 aromatic carbocycles. The van der Waals surface area contributed by atoms with Gasteiger partial charge < -0.3 is 15.7 Å². The Balaban J connectivity index is 2.00. The van der Waals surface area contributed by atoms with Crippen LogP contribution in [0.2, 0.25) is 5.02 Å². The predicted octanol–water partition coefficient (Wildman–Crippen LogP) is 4.79. The molecule has 0 bridgehead atoms. The second-order valence-electron chi connectivity index (χ2n) is 6.10. The molecule has 0 aliphatic rings. The monoisotopic (exact) mass is 438 g/mol. The maximum absolute atomic E-state index is 13.3. The fourth-order valence-corrected chi connectivity index (χ4v) is 3.57. The summed E-state index contributed by atoms with van der Waals surface area (Å²) in [5.41, 5.74) is 0.922. The van der Waals surface area contributed by atoms with Crippen molar-refractivity contribution >= 4 is 52.5 Å². The van der Waals surface area contributed by atoms with Gasteiger partial charge >= 0.3 is 5.97 Å². The second-order valence-corrected chi connectivity index (χ2v) is 7.79. The van der Waals surface area contributed by atoms with E-state index in [4.69, 9.17) is 16.7 Å². The van der Waals surface area contributed by atoms with Gasteiger partial charge in [-0.3, -0.25) is 14.4 Å². The summed E-state index contributed by atoms with van der Waals surface area (Å²) in [5.74, 6) is -2.25. The first-order valence-corrected chi connectivity index (χ1v) is 10.1. The summed E-state index contributed by atoms with van der Waals surface area (Å²) in [6.07, 6.45) is 0.180. The van der Waals surface area contributed by atoms with Gasteiger partial charge in [0.1, 0.15) is 5.82 Å². The molecule has 0 aliphatic heterocycles. The van der Waals surface area contributed by atoms with Crippen molar-refractivity contribution in [1.82, 2.24) is 0 Å². The number of hydrogen-bond donors (Lipinski definition) is 3. The number of amides is 2. The number of carboxylic acid groups (broad SMARTS) is 1. The second kappa shape index (κ2) is 10.8. The van der Waals surface area contributed by atoms with Gasteiger partial charge in [0.2, 0.25) is 11.8 Å². The van der Waals surface area contributed by atoms with Crippen molar-refractivity contribution in [2.24, 2.45) is 0 Å². The highest BCUT2D eigenvalue weighted by molar-refractivity contribution is 8.00. The molecule has 1 unspecified atom stereocenters. The molecule has 6 nitrogen and oxygen atoms in total. The molecule has 0 saturated heterocycles. The van der Waals surface area contributed by atoms with E-state index in [0.717, 1.165) is 4.90 Å². The maximum Gasteiger partial charge on any atom is 0.303 e. The molecule has 0 saturated carbocycles. The Morgan fingerprint density at radius 2 is 1.83 bits per heavy atom. The maximum atomic E-state index is 13.3. The van der Waals surface area contributed by atoms with E-state index in [9.17, 15) is 18.8 Å². The van der Waals surface area contributed by atoms with E-state index in [-0.39, 0.29) is 23.8 Å². The van der Waals surface area contributed by atoms with Crippen molar-refractivity contribution in [2.75, 3.05) is 10.6 Å². The predicted molar refractivity (Wildman–Crippen MR) is 112 cm³/mol. The average molecular weight is 439 g/mol. The van der Waals surface area contributed by atoms with Crippen LogP contribution in [0.25, 0.3) is 0 Å². The van der Waals surface area contributed by atoms with Crippen LogP contribution in [0.15, 0.2) is 47.4 Å². The molecule has 0 heterocycles. The Labute approximate surface area is 176 Å². The van der Waals surface area contributed by atoms with Crippen LogP contribution in [0.3, 0.4) is 0 Å². The Morgan fingerprint density at radius 1 is 1.10 bits per heavy atom. The summed E-state index contributed by atoms with van der Waals surface area (Å²) in [6, 6.07) is 10.9. The van der Waals surface area contributed by atoms with E-state index in [1.807, 2.05) is 13.0 Å². The summed E-state index contributed by atoms with van der Waals surface area (Å²) in [7, 11) is 0. The van der Waals surface area contributed by atoms with E-state index in [1.165, 1.54) is 30.0 Å². The normalized spacial score (nSPS) is 11.6. The standard InChI is InChI=1S/C20H20ClFN2O4S/c1-2-17(20(28)24-13-6-7-16(22)15(21)11-13)29-14-5-3-4-12(10-14)23-18(25)8-9-19(26)27/h3-7,10-11,17H,2,8-9H2,1H3,(H,23,25)(H,24,28)(H,26,27). The zero-order valence-corrected chi connectivity index (χ0v) is 17.1. The van der Waals surface area contributed by atoms with Gasteiger partial charge in [-0.25, -0.2) is 4.39 Å². The Bertz CT molecular complexity index is 910. The van der Waals surface area contributed by atoms with E-state index >= 15 is 0 Å². The molecule has 2 aromatic rings. The molecule has 9 heteroatoms. The number of hydrogen-bond acceptors (Lipinski definition) is 4. The number of aliphatic carboxylic acids is 1. The molecule has 0 radical (unpaired) electrons. The lowest BCUT2D eigenvalue weighted by atomic mass is 10.2. The minimum absolute atomic E-state index is 0.0742. The fraction of sp³-hybridized carbons (Fsp3) is 0.250.